The zero-order valence-electron chi connectivity index (χ0n) is 30.0. The average molecular weight is 718 g/mol. The second kappa shape index (κ2) is 13.8. The predicted octanol–water partition coefficient (Wildman–Crippen LogP) is 9.56. The quantitative estimate of drug-likeness (QED) is 0.154. The molecule has 0 amide bonds. The van der Waals surface area contributed by atoms with Gasteiger partial charge in [0, 0.05) is 16.7 Å². The SMILES string of the molecule is c1ccc(-c2ccc(-c3nc(-c4ccccc4)nc(-c4ccccc4-c4ccc5c(c4)[Si](c4ccccc4)(c4ccccc4)c4ccccc4-5)n3)cc2)cc1. The number of hydrogen-bond donors (Lipinski definition) is 0. The molecular weight excluding hydrogens is 683 g/mol. The van der Waals surface area contributed by atoms with E-state index in [-0.39, 0.29) is 0 Å². The van der Waals surface area contributed by atoms with Gasteiger partial charge in [0.15, 0.2) is 25.5 Å². The van der Waals surface area contributed by atoms with E-state index in [2.05, 4.69) is 188 Å². The zero-order chi connectivity index (χ0) is 36.6. The predicted molar refractivity (Wildman–Crippen MR) is 230 cm³/mol. The Balaban J connectivity index is 1.16. The van der Waals surface area contributed by atoms with E-state index in [1.54, 1.807) is 0 Å². The monoisotopic (exact) mass is 717 g/mol. The summed E-state index contributed by atoms with van der Waals surface area (Å²) in [6.07, 6.45) is 0. The van der Waals surface area contributed by atoms with Gasteiger partial charge >= 0.3 is 0 Å². The summed E-state index contributed by atoms with van der Waals surface area (Å²) in [6, 6.07) is 76.1. The number of nitrogens with zero attached hydrogens (tertiary/aromatic N) is 3. The summed E-state index contributed by atoms with van der Waals surface area (Å²) in [5.74, 6) is 1.93. The van der Waals surface area contributed by atoms with Crippen LogP contribution in [0.15, 0.2) is 212 Å². The maximum absolute atomic E-state index is 5.20. The lowest BCUT2D eigenvalue weighted by molar-refractivity contribution is 1.07. The summed E-state index contributed by atoms with van der Waals surface area (Å²) >= 11 is 0. The standard InChI is InChI=1S/C51H35N3Si/c1-5-17-36(18-6-1)37-29-31-39(32-30-37)50-52-49(38-19-7-2-8-20-38)53-51(54-50)46-27-14-13-25-43(46)40-33-34-45-44-26-15-16-28-47(44)55(48(45)35-40,41-21-9-3-10-22-41)42-23-11-4-12-24-42/h1-35H. The van der Waals surface area contributed by atoms with Gasteiger partial charge in [-0.3, -0.25) is 0 Å². The minimum absolute atomic E-state index is 0.641. The molecule has 0 atom stereocenters. The first-order chi connectivity index (χ1) is 27.3. The van der Waals surface area contributed by atoms with Gasteiger partial charge in [-0.2, -0.15) is 0 Å². The third kappa shape index (κ3) is 5.63. The summed E-state index contributed by atoms with van der Waals surface area (Å²) in [4.78, 5) is 15.4. The molecule has 0 fully saturated rings. The van der Waals surface area contributed by atoms with Crippen molar-refractivity contribution in [2.24, 2.45) is 0 Å². The largest absolute Gasteiger partial charge is 0.208 e. The third-order valence-corrected chi connectivity index (χ3v) is 15.7. The van der Waals surface area contributed by atoms with E-state index in [0.29, 0.717) is 17.5 Å². The third-order valence-electron chi connectivity index (χ3n) is 10.9. The fourth-order valence-corrected chi connectivity index (χ4v) is 13.5. The fourth-order valence-electron chi connectivity index (χ4n) is 8.33. The van der Waals surface area contributed by atoms with Gasteiger partial charge in [0.2, 0.25) is 0 Å². The number of fused-ring (bicyclic) bond motifs is 3. The van der Waals surface area contributed by atoms with Gasteiger partial charge in [-0.05, 0) is 54.1 Å². The Morgan fingerprint density at radius 2 is 0.655 bits per heavy atom. The lowest BCUT2D eigenvalue weighted by Crippen LogP contribution is -2.72. The Morgan fingerprint density at radius 3 is 1.27 bits per heavy atom. The van der Waals surface area contributed by atoms with Crippen molar-refractivity contribution in [1.82, 2.24) is 15.0 Å². The summed E-state index contributed by atoms with van der Waals surface area (Å²) in [5.41, 5.74) is 10.0. The molecule has 0 spiro atoms. The lowest BCUT2D eigenvalue weighted by atomic mass is 9.96. The molecule has 9 aromatic rings. The number of benzene rings is 8. The number of rotatable bonds is 7. The first kappa shape index (κ1) is 32.6. The Labute approximate surface area is 322 Å². The molecule has 0 bridgehead atoms. The van der Waals surface area contributed by atoms with E-state index in [0.717, 1.165) is 33.4 Å². The van der Waals surface area contributed by atoms with Crippen molar-refractivity contribution in [3.8, 4) is 67.5 Å². The minimum Gasteiger partial charge on any atom is -0.208 e. The smallest absolute Gasteiger partial charge is 0.180 e. The Morgan fingerprint density at radius 1 is 0.255 bits per heavy atom. The summed E-state index contributed by atoms with van der Waals surface area (Å²) in [6.45, 7) is 0. The molecule has 1 aliphatic rings. The van der Waals surface area contributed by atoms with Gasteiger partial charge in [0.25, 0.3) is 0 Å². The molecule has 0 saturated carbocycles. The van der Waals surface area contributed by atoms with Crippen LogP contribution in [0.25, 0.3) is 67.5 Å². The highest BCUT2D eigenvalue weighted by Gasteiger charge is 2.48. The molecule has 0 aliphatic carbocycles. The van der Waals surface area contributed by atoms with E-state index < -0.39 is 8.07 Å². The second-order valence-corrected chi connectivity index (χ2v) is 17.7. The molecule has 10 rings (SSSR count). The van der Waals surface area contributed by atoms with Crippen LogP contribution < -0.4 is 20.7 Å². The van der Waals surface area contributed by atoms with Gasteiger partial charge in [-0.1, -0.05) is 212 Å². The maximum Gasteiger partial charge on any atom is 0.180 e. The van der Waals surface area contributed by atoms with Crippen LogP contribution in [-0.4, -0.2) is 23.0 Å². The molecule has 3 nitrogen and oxygen atoms in total. The van der Waals surface area contributed by atoms with Crippen molar-refractivity contribution < 1.29 is 0 Å². The maximum atomic E-state index is 5.20. The van der Waals surface area contributed by atoms with Crippen LogP contribution in [0.2, 0.25) is 0 Å². The Hall–Kier alpha value is -7.01. The molecule has 1 aliphatic heterocycles. The van der Waals surface area contributed by atoms with Gasteiger partial charge < -0.3 is 0 Å². The molecule has 0 unspecified atom stereocenters. The van der Waals surface area contributed by atoms with Crippen LogP contribution in [-0.2, 0) is 0 Å². The molecule has 258 valence electrons. The molecule has 1 aromatic heterocycles. The molecule has 4 heteroatoms. The molecule has 0 N–H and O–H groups in total. The van der Waals surface area contributed by atoms with E-state index in [9.17, 15) is 0 Å². The van der Waals surface area contributed by atoms with Crippen LogP contribution in [0, 0.1) is 0 Å². The Bertz CT molecular complexity index is 2750. The van der Waals surface area contributed by atoms with Crippen molar-refractivity contribution in [2.45, 2.75) is 0 Å². The number of hydrogen-bond acceptors (Lipinski definition) is 3. The molecule has 2 heterocycles. The molecule has 55 heavy (non-hydrogen) atoms. The van der Waals surface area contributed by atoms with Crippen molar-refractivity contribution in [2.75, 3.05) is 0 Å². The minimum atomic E-state index is -2.66. The van der Waals surface area contributed by atoms with Gasteiger partial charge in [-0.15, -0.1) is 0 Å². The van der Waals surface area contributed by atoms with Crippen LogP contribution in [0.4, 0.5) is 0 Å². The van der Waals surface area contributed by atoms with Crippen LogP contribution in [0.5, 0.6) is 0 Å². The number of aromatic nitrogens is 3. The summed E-state index contributed by atoms with van der Waals surface area (Å²) < 4.78 is 0. The molecule has 8 aromatic carbocycles. The van der Waals surface area contributed by atoms with E-state index in [4.69, 9.17) is 15.0 Å². The van der Waals surface area contributed by atoms with Crippen molar-refractivity contribution in [3.05, 3.63) is 212 Å². The lowest BCUT2D eigenvalue weighted by Gasteiger charge is -2.31. The fraction of sp³-hybridized carbons (Fsp3) is 0. The van der Waals surface area contributed by atoms with Crippen molar-refractivity contribution in [3.63, 3.8) is 0 Å². The van der Waals surface area contributed by atoms with Crippen LogP contribution in [0.3, 0.4) is 0 Å². The summed E-state index contributed by atoms with van der Waals surface area (Å²) in [5, 5.41) is 5.59. The molecular formula is C51H35N3Si. The van der Waals surface area contributed by atoms with Crippen LogP contribution >= 0.6 is 0 Å². The zero-order valence-corrected chi connectivity index (χ0v) is 31.0. The highest BCUT2D eigenvalue weighted by Crippen LogP contribution is 2.36. The highest BCUT2D eigenvalue weighted by molar-refractivity contribution is 7.22. The van der Waals surface area contributed by atoms with E-state index >= 15 is 0 Å². The van der Waals surface area contributed by atoms with Gasteiger partial charge in [-0.25, -0.2) is 15.0 Å². The Kier molecular flexibility index (Phi) is 8.16. The average Bonchev–Trinajstić information content (AvgIpc) is 3.58. The van der Waals surface area contributed by atoms with Gasteiger partial charge in [0.05, 0.1) is 0 Å². The normalized spacial score (nSPS) is 12.5. The van der Waals surface area contributed by atoms with E-state index in [1.165, 1.54) is 37.4 Å². The summed E-state index contributed by atoms with van der Waals surface area (Å²) in [7, 11) is -2.66. The molecule has 0 saturated heterocycles. The highest BCUT2D eigenvalue weighted by atomic mass is 28.3. The van der Waals surface area contributed by atoms with Crippen molar-refractivity contribution in [1.29, 1.82) is 0 Å². The van der Waals surface area contributed by atoms with Gasteiger partial charge in [0.1, 0.15) is 0 Å². The molecule has 0 radical (unpaired) electrons. The van der Waals surface area contributed by atoms with Crippen molar-refractivity contribution >= 4 is 28.8 Å². The van der Waals surface area contributed by atoms with Crippen LogP contribution in [0.1, 0.15) is 0 Å². The first-order valence-corrected chi connectivity index (χ1v) is 20.7. The first-order valence-electron chi connectivity index (χ1n) is 18.7. The topological polar surface area (TPSA) is 38.7 Å². The van der Waals surface area contributed by atoms with E-state index in [1.807, 2.05) is 24.3 Å². The second-order valence-electron chi connectivity index (χ2n) is 13.9.